The summed E-state index contributed by atoms with van der Waals surface area (Å²) in [7, 11) is 3.27. The summed E-state index contributed by atoms with van der Waals surface area (Å²) in [5.74, 6) is 0.122. The third-order valence-corrected chi connectivity index (χ3v) is 3.04. The molecule has 1 rings (SSSR count). The fourth-order valence-electron chi connectivity index (χ4n) is 1.71. The molecule has 0 unspecified atom stereocenters. The molecule has 1 atom stereocenters. The largest absolute Gasteiger partial charge is 0.497 e. The number of benzene rings is 1. The molecule has 21 heavy (non-hydrogen) atoms. The number of carbonyl (C=O) groups is 2. The molecule has 6 heteroatoms. The average Bonchev–Trinajstić information content (AvgIpc) is 2.46. The molecule has 6 nitrogen and oxygen atoms in total. The highest BCUT2D eigenvalue weighted by atomic mass is 16.5. The molecule has 0 heterocycles. The Morgan fingerprint density at radius 2 is 2.10 bits per heavy atom. The maximum Gasteiger partial charge on any atom is 0.323 e. The van der Waals surface area contributed by atoms with Crippen LogP contribution in [0.15, 0.2) is 24.3 Å². The molecule has 0 aliphatic heterocycles. The number of amides is 1. The van der Waals surface area contributed by atoms with Gasteiger partial charge < -0.3 is 14.8 Å². The number of anilines is 1. The lowest BCUT2D eigenvalue weighted by Gasteiger charge is -2.22. The van der Waals surface area contributed by atoms with Gasteiger partial charge in [0.25, 0.3) is 0 Å². The van der Waals surface area contributed by atoms with Crippen molar-refractivity contribution >= 4 is 17.6 Å². The van der Waals surface area contributed by atoms with Gasteiger partial charge in [-0.05, 0) is 33.0 Å². The van der Waals surface area contributed by atoms with E-state index in [2.05, 4.69) is 5.32 Å². The van der Waals surface area contributed by atoms with Crippen molar-refractivity contribution in [2.45, 2.75) is 19.9 Å². The van der Waals surface area contributed by atoms with Crippen LogP contribution in [0.3, 0.4) is 0 Å². The molecule has 1 amide bonds. The number of esters is 1. The Morgan fingerprint density at radius 1 is 1.38 bits per heavy atom. The molecule has 0 saturated heterocycles. The van der Waals surface area contributed by atoms with Crippen molar-refractivity contribution in [2.75, 3.05) is 32.6 Å². The second-order valence-corrected chi connectivity index (χ2v) is 4.62. The Kier molecular flexibility index (Phi) is 6.68. The minimum absolute atomic E-state index is 0.0944. The summed E-state index contributed by atoms with van der Waals surface area (Å²) >= 11 is 0. The maximum atomic E-state index is 12.0. The minimum Gasteiger partial charge on any atom is -0.497 e. The number of methoxy groups -OCH3 is 1. The van der Waals surface area contributed by atoms with Crippen LogP contribution < -0.4 is 10.1 Å². The Balaban J connectivity index is 2.54. The monoisotopic (exact) mass is 294 g/mol. The Morgan fingerprint density at radius 3 is 2.71 bits per heavy atom. The highest BCUT2D eigenvalue weighted by molar-refractivity contribution is 5.92. The Bertz CT molecular complexity index is 490. The first-order valence-corrected chi connectivity index (χ1v) is 6.78. The van der Waals surface area contributed by atoms with E-state index in [9.17, 15) is 9.59 Å². The van der Waals surface area contributed by atoms with Gasteiger partial charge in [-0.3, -0.25) is 14.5 Å². The topological polar surface area (TPSA) is 67.9 Å². The van der Waals surface area contributed by atoms with E-state index in [1.807, 2.05) is 0 Å². The molecule has 1 N–H and O–H groups in total. The second kappa shape index (κ2) is 8.26. The Hall–Kier alpha value is -2.08. The summed E-state index contributed by atoms with van der Waals surface area (Å²) in [5, 5.41) is 2.76. The van der Waals surface area contributed by atoms with Gasteiger partial charge >= 0.3 is 5.97 Å². The molecule has 0 spiro atoms. The van der Waals surface area contributed by atoms with Crippen LogP contribution in [0.1, 0.15) is 13.8 Å². The molecule has 1 aromatic carbocycles. The molecule has 0 bridgehead atoms. The highest BCUT2D eigenvalue weighted by Crippen LogP contribution is 2.16. The van der Waals surface area contributed by atoms with E-state index in [1.54, 1.807) is 57.2 Å². The lowest BCUT2D eigenvalue weighted by atomic mass is 10.3. The maximum absolute atomic E-state index is 12.0. The third-order valence-electron chi connectivity index (χ3n) is 3.04. The summed E-state index contributed by atoms with van der Waals surface area (Å²) in [6, 6.07) is 6.62. The van der Waals surface area contributed by atoms with Crippen LogP contribution in [0.5, 0.6) is 5.75 Å². The molecule has 0 radical (unpaired) electrons. The number of hydrogen-bond acceptors (Lipinski definition) is 5. The number of likely N-dealkylation sites (N-methyl/N-ethyl adjacent to an activating group) is 1. The number of nitrogens with one attached hydrogen (secondary N) is 1. The van der Waals surface area contributed by atoms with Crippen LogP contribution in [0.25, 0.3) is 0 Å². The fourth-order valence-corrected chi connectivity index (χ4v) is 1.71. The molecule has 0 saturated carbocycles. The first kappa shape index (κ1) is 17.0. The van der Waals surface area contributed by atoms with E-state index < -0.39 is 6.04 Å². The molecule has 0 aliphatic rings. The average molecular weight is 294 g/mol. The molecular weight excluding hydrogens is 272 g/mol. The highest BCUT2D eigenvalue weighted by Gasteiger charge is 2.21. The quantitative estimate of drug-likeness (QED) is 0.772. The van der Waals surface area contributed by atoms with Crippen LogP contribution in [0.2, 0.25) is 0 Å². The van der Waals surface area contributed by atoms with Gasteiger partial charge in [-0.25, -0.2) is 0 Å². The van der Waals surface area contributed by atoms with Crippen molar-refractivity contribution in [3.8, 4) is 5.75 Å². The fraction of sp³-hybridized carbons (Fsp3) is 0.467. The SMILES string of the molecule is CCOC(=O)[C@@H](C)N(C)CC(=O)Nc1cccc(OC)c1. The summed E-state index contributed by atoms with van der Waals surface area (Å²) in [5.41, 5.74) is 0.650. The number of nitrogens with zero attached hydrogens (tertiary/aromatic N) is 1. The standard InChI is InChI=1S/C15H22N2O4/c1-5-21-15(19)11(2)17(3)10-14(18)16-12-7-6-8-13(9-12)20-4/h6-9,11H,5,10H2,1-4H3,(H,16,18)/t11-/m1/s1. The second-order valence-electron chi connectivity index (χ2n) is 4.62. The van der Waals surface area contributed by atoms with E-state index in [1.165, 1.54) is 0 Å². The number of ether oxygens (including phenoxy) is 2. The molecular formula is C15H22N2O4. The first-order chi connectivity index (χ1) is 9.97. The molecule has 0 aromatic heterocycles. The normalized spacial score (nSPS) is 11.9. The summed E-state index contributed by atoms with van der Waals surface area (Å²) < 4.78 is 10.0. The van der Waals surface area contributed by atoms with Crippen LogP contribution in [0.4, 0.5) is 5.69 Å². The van der Waals surface area contributed by atoms with Gasteiger partial charge in [-0.1, -0.05) is 6.07 Å². The minimum atomic E-state index is -0.471. The van der Waals surface area contributed by atoms with E-state index >= 15 is 0 Å². The van der Waals surface area contributed by atoms with Crippen molar-refractivity contribution in [1.29, 1.82) is 0 Å². The molecule has 0 aliphatic carbocycles. The zero-order valence-corrected chi connectivity index (χ0v) is 12.9. The summed E-state index contributed by atoms with van der Waals surface area (Å²) in [6.45, 7) is 3.88. The van der Waals surface area contributed by atoms with E-state index in [4.69, 9.17) is 9.47 Å². The number of hydrogen-bond donors (Lipinski definition) is 1. The van der Waals surface area contributed by atoms with Crippen LogP contribution in [-0.2, 0) is 14.3 Å². The molecule has 116 valence electrons. The van der Waals surface area contributed by atoms with Crippen molar-refractivity contribution in [2.24, 2.45) is 0 Å². The lowest BCUT2D eigenvalue weighted by molar-refractivity contribution is -0.148. The van der Waals surface area contributed by atoms with Gasteiger partial charge in [-0.2, -0.15) is 0 Å². The zero-order valence-electron chi connectivity index (χ0n) is 12.9. The van der Waals surface area contributed by atoms with Crippen molar-refractivity contribution in [3.05, 3.63) is 24.3 Å². The smallest absolute Gasteiger partial charge is 0.323 e. The van der Waals surface area contributed by atoms with E-state index in [-0.39, 0.29) is 18.4 Å². The number of rotatable bonds is 7. The summed E-state index contributed by atoms with van der Waals surface area (Å²) in [4.78, 5) is 25.2. The third kappa shape index (κ3) is 5.43. The van der Waals surface area contributed by atoms with Gasteiger partial charge in [-0.15, -0.1) is 0 Å². The number of carbonyl (C=O) groups excluding carboxylic acids is 2. The van der Waals surface area contributed by atoms with Crippen molar-refractivity contribution in [3.63, 3.8) is 0 Å². The predicted molar refractivity (Wildman–Crippen MR) is 80.3 cm³/mol. The predicted octanol–water partition coefficient (Wildman–Crippen LogP) is 1.52. The van der Waals surface area contributed by atoms with Gasteiger partial charge in [0.15, 0.2) is 0 Å². The van der Waals surface area contributed by atoms with E-state index in [0.29, 0.717) is 18.0 Å². The van der Waals surface area contributed by atoms with Gasteiger partial charge in [0.2, 0.25) is 5.91 Å². The van der Waals surface area contributed by atoms with Gasteiger partial charge in [0.05, 0.1) is 20.3 Å². The van der Waals surface area contributed by atoms with Crippen LogP contribution >= 0.6 is 0 Å². The summed E-state index contributed by atoms with van der Waals surface area (Å²) in [6.07, 6.45) is 0. The van der Waals surface area contributed by atoms with Gasteiger partial charge in [0, 0.05) is 11.8 Å². The van der Waals surface area contributed by atoms with Crippen LogP contribution in [-0.4, -0.2) is 50.1 Å². The van der Waals surface area contributed by atoms with Crippen molar-refractivity contribution < 1.29 is 19.1 Å². The molecule has 1 aromatic rings. The Labute approximate surface area is 125 Å². The zero-order chi connectivity index (χ0) is 15.8. The van der Waals surface area contributed by atoms with Crippen LogP contribution in [0, 0.1) is 0 Å². The van der Waals surface area contributed by atoms with Crippen molar-refractivity contribution in [1.82, 2.24) is 4.90 Å². The van der Waals surface area contributed by atoms with Gasteiger partial charge in [0.1, 0.15) is 11.8 Å². The first-order valence-electron chi connectivity index (χ1n) is 6.78. The molecule has 0 fully saturated rings. The lowest BCUT2D eigenvalue weighted by Crippen LogP contribution is -2.41. The van der Waals surface area contributed by atoms with E-state index in [0.717, 1.165) is 0 Å².